The Labute approximate surface area is 152 Å². The number of aliphatic carboxylic acids is 1. The van der Waals surface area contributed by atoms with Gasteiger partial charge in [0.15, 0.2) is 0 Å². The van der Waals surface area contributed by atoms with Gasteiger partial charge in [-0.25, -0.2) is 4.98 Å². The van der Waals surface area contributed by atoms with Gasteiger partial charge in [0.25, 0.3) is 5.91 Å². The molecule has 24 heavy (non-hydrogen) atoms. The molecule has 0 aliphatic carbocycles. The van der Waals surface area contributed by atoms with Crippen LogP contribution in [0.3, 0.4) is 0 Å². The van der Waals surface area contributed by atoms with Crippen molar-refractivity contribution in [1.29, 1.82) is 0 Å². The van der Waals surface area contributed by atoms with E-state index in [1.165, 1.54) is 11.3 Å². The summed E-state index contributed by atoms with van der Waals surface area (Å²) in [7, 11) is 0. The SMILES string of the molecule is CC1C(C(=O)O)CCN1C(=O)c1csc(-c2ccc(Cl)c(Cl)c2)n1. The number of nitrogens with zero attached hydrogens (tertiary/aromatic N) is 2. The fourth-order valence-corrected chi connectivity index (χ4v) is 3.93. The van der Waals surface area contributed by atoms with E-state index in [1.54, 1.807) is 35.4 Å². The van der Waals surface area contributed by atoms with Crippen LogP contribution in [0.1, 0.15) is 23.8 Å². The Morgan fingerprint density at radius 3 is 2.71 bits per heavy atom. The van der Waals surface area contributed by atoms with E-state index in [0.717, 1.165) is 5.56 Å². The van der Waals surface area contributed by atoms with E-state index in [0.29, 0.717) is 33.7 Å². The number of aromatic nitrogens is 1. The number of rotatable bonds is 3. The molecule has 1 aromatic carbocycles. The maximum absolute atomic E-state index is 12.6. The predicted molar refractivity (Wildman–Crippen MR) is 93.8 cm³/mol. The molecule has 0 saturated carbocycles. The first-order valence-corrected chi connectivity index (χ1v) is 8.96. The van der Waals surface area contributed by atoms with Crippen LogP contribution in [-0.4, -0.2) is 39.5 Å². The lowest BCUT2D eigenvalue weighted by Gasteiger charge is -2.22. The highest BCUT2D eigenvalue weighted by atomic mass is 35.5. The van der Waals surface area contributed by atoms with Gasteiger partial charge in [-0.3, -0.25) is 9.59 Å². The van der Waals surface area contributed by atoms with Gasteiger partial charge in [-0.15, -0.1) is 11.3 Å². The molecule has 2 heterocycles. The van der Waals surface area contributed by atoms with Crippen molar-refractivity contribution in [3.63, 3.8) is 0 Å². The number of carbonyl (C=O) groups is 2. The number of carboxylic acid groups (broad SMARTS) is 1. The lowest BCUT2D eigenvalue weighted by molar-refractivity contribution is -0.142. The summed E-state index contributed by atoms with van der Waals surface area (Å²) in [6.07, 6.45) is 0.464. The number of thiazole rings is 1. The van der Waals surface area contributed by atoms with Crippen molar-refractivity contribution in [3.8, 4) is 10.6 Å². The fraction of sp³-hybridized carbons (Fsp3) is 0.312. The van der Waals surface area contributed by atoms with Crippen LogP contribution in [0.5, 0.6) is 0 Å². The van der Waals surface area contributed by atoms with E-state index >= 15 is 0 Å². The van der Waals surface area contributed by atoms with Gasteiger partial charge >= 0.3 is 5.97 Å². The first-order chi connectivity index (χ1) is 11.4. The summed E-state index contributed by atoms with van der Waals surface area (Å²) in [6.45, 7) is 2.19. The molecule has 1 fully saturated rings. The summed E-state index contributed by atoms with van der Waals surface area (Å²) in [6, 6.07) is 4.84. The van der Waals surface area contributed by atoms with E-state index < -0.39 is 11.9 Å². The second-order valence-electron chi connectivity index (χ2n) is 5.64. The number of carboxylic acids is 1. The van der Waals surface area contributed by atoms with E-state index in [1.807, 2.05) is 0 Å². The van der Waals surface area contributed by atoms with Crippen molar-refractivity contribution in [2.24, 2.45) is 5.92 Å². The molecule has 1 saturated heterocycles. The molecular weight excluding hydrogens is 371 g/mol. The molecule has 1 aliphatic rings. The Balaban J connectivity index is 1.81. The Morgan fingerprint density at radius 1 is 1.33 bits per heavy atom. The van der Waals surface area contributed by atoms with E-state index in [9.17, 15) is 14.7 Å². The predicted octanol–water partition coefficient (Wildman–Crippen LogP) is 4.05. The highest BCUT2D eigenvalue weighted by molar-refractivity contribution is 7.13. The standard InChI is InChI=1S/C16H14Cl2N2O3S/c1-8-10(16(22)23)4-5-20(8)15(21)13-7-24-14(19-13)9-2-3-11(17)12(18)6-9/h2-3,6-8,10H,4-5H2,1H3,(H,22,23). The summed E-state index contributed by atoms with van der Waals surface area (Å²) >= 11 is 13.3. The monoisotopic (exact) mass is 384 g/mol. The first kappa shape index (κ1) is 17.2. The zero-order valence-corrected chi connectivity index (χ0v) is 15.0. The molecule has 8 heteroatoms. The molecule has 1 N–H and O–H groups in total. The molecule has 1 aliphatic heterocycles. The third kappa shape index (κ3) is 3.14. The molecule has 0 bridgehead atoms. The lowest BCUT2D eigenvalue weighted by Crippen LogP contribution is -2.37. The molecule has 1 amide bonds. The summed E-state index contributed by atoms with van der Waals surface area (Å²) in [5, 5.41) is 12.4. The topological polar surface area (TPSA) is 70.5 Å². The third-order valence-corrected chi connectivity index (χ3v) is 5.85. The lowest BCUT2D eigenvalue weighted by atomic mass is 10.0. The van der Waals surface area contributed by atoms with Crippen LogP contribution < -0.4 is 0 Å². The number of benzene rings is 1. The van der Waals surface area contributed by atoms with Crippen LogP contribution in [0.25, 0.3) is 10.6 Å². The minimum absolute atomic E-state index is 0.242. The second-order valence-corrected chi connectivity index (χ2v) is 7.31. The van der Waals surface area contributed by atoms with Crippen molar-refractivity contribution >= 4 is 46.4 Å². The molecule has 1 aromatic heterocycles. The number of halogens is 2. The van der Waals surface area contributed by atoms with Crippen LogP contribution >= 0.6 is 34.5 Å². The number of hydrogen-bond acceptors (Lipinski definition) is 4. The number of likely N-dealkylation sites (tertiary alicyclic amines) is 1. The van der Waals surface area contributed by atoms with Crippen LogP contribution in [0.15, 0.2) is 23.6 Å². The minimum atomic E-state index is -0.868. The summed E-state index contributed by atoms with van der Waals surface area (Å²) < 4.78 is 0. The highest BCUT2D eigenvalue weighted by Gasteiger charge is 2.38. The summed E-state index contributed by atoms with van der Waals surface area (Å²) in [4.78, 5) is 29.8. The molecule has 2 unspecified atom stereocenters. The second kappa shape index (κ2) is 6.70. The van der Waals surface area contributed by atoms with Gasteiger partial charge in [-0.1, -0.05) is 29.3 Å². The smallest absolute Gasteiger partial charge is 0.308 e. The zero-order valence-electron chi connectivity index (χ0n) is 12.7. The molecule has 0 spiro atoms. The van der Waals surface area contributed by atoms with Gasteiger partial charge in [0.1, 0.15) is 10.7 Å². The number of carbonyl (C=O) groups excluding carboxylic acids is 1. The van der Waals surface area contributed by atoms with Gasteiger partial charge in [-0.05, 0) is 25.5 Å². The van der Waals surface area contributed by atoms with E-state index in [2.05, 4.69) is 4.98 Å². The maximum atomic E-state index is 12.6. The van der Waals surface area contributed by atoms with Crippen LogP contribution in [-0.2, 0) is 4.79 Å². The van der Waals surface area contributed by atoms with Crippen LogP contribution in [0, 0.1) is 5.92 Å². The van der Waals surface area contributed by atoms with Gasteiger partial charge in [0.05, 0.1) is 16.0 Å². The molecule has 2 atom stereocenters. The van der Waals surface area contributed by atoms with Crippen molar-refractivity contribution in [2.45, 2.75) is 19.4 Å². The molecule has 3 rings (SSSR count). The average molecular weight is 385 g/mol. The molecular formula is C16H14Cl2N2O3S. The quantitative estimate of drug-likeness (QED) is 0.865. The van der Waals surface area contributed by atoms with Crippen molar-refractivity contribution in [2.75, 3.05) is 6.54 Å². The van der Waals surface area contributed by atoms with Gasteiger partial charge in [-0.2, -0.15) is 0 Å². The zero-order chi connectivity index (χ0) is 17.4. The van der Waals surface area contributed by atoms with Gasteiger partial charge in [0.2, 0.25) is 0 Å². The first-order valence-electron chi connectivity index (χ1n) is 7.33. The van der Waals surface area contributed by atoms with Crippen molar-refractivity contribution in [3.05, 3.63) is 39.3 Å². The van der Waals surface area contributed by atoms with Gasteiger partial charge in [0, 0.05) is 23.5 Å². The highest BCUT2D eigenvalue weighted by Crippen LogP contribution is 2.31. The summed E-state index contributed by atoms with van der Waals surface area (Å²) in [5.41, 5.74) is 1.10. The number of amides is 1. The molecule has 5 nitrogen and oxygen atoms in total. The van der Waals surface area contributed by atoms with Crippen molar-refractivity contribution < 1.29 is 14.7 Å². The third-order valence-electron chi connectivity index (χ3n) is 4.22. The van der Waals surface area contributed by atoms with E-state index in [-0.39, 0.29) is 11.9 Å². The van der Waals surface area contributed by atoms with Crippen molar-refractivity contribution in [1.82, 2.24) is 9.88 Å². The van der Waals surface area contributed by atoms with Crippen LogP contribution in [0.2, 0.25) is 10.0 Å². The fourth-order valence-electron chi connectivity index (χ4n) is 2.84. The Bertz CT molecular complexity index is 808. The Morgan fingerprint density at radius 2 is 2.08 bits per heavy atom. The molecule has 2 aromatic rings. The normalized spacial score (nSPS) is 20.4. The largest absolute Gasteiger partial charge is 0.481 e. The Hall–Kier alpha value is -1.63. The number of hydrogen-bond donors (Lipinski definition) is 1. The molecule has 0 radical (unpaired) electrons. The Kier molecular flexibility index (Phi) is 4.80. The molecule has 126 valence electrons. The maximum Gasteiger partial charge on any atom is 0.308 e. The van der Waals surface area contributed by atoms with Crippen LogP contribution in [0.4, 0.5) is 0 Å². The summed E-state index contributed by atoms with van der Waals surface area (Å²) in [5.74, 6) is -1.64. The average Bonchev–Trinajstić information content (AvgIpc) is 3.16. The van der Waals surface area contributed by atoms with Gasteiger partial charge < -0.3 is 10.0 Å². The minimum Gasteiger partial charge on any atom is -0.481 e. The van der Waals surface area contributed by atoms with E-state index in [4.69, 9.17) is 23.2 Å².